The molecule has 1 aliphatic heterocycles. The van der Waals surface area contributed by atoms with E-state index in [4.69, 9.17) is 18.9 Å². The van der Waals surface area contributed by atoms with Gasteiger partial charge in [0.25, 0.3) is 0 Å². The van der Waals surface area contributed by atoms with Crippen molar-refractivity contribution >= 4 is 40.9 Å². The topological polar surface area (TPSA) is 161 Å². The van der Waals surface area contributed by atoms with E-state index >= 15 is 0 Å². The van der Waals surface area contributed by atoms with Crippen molar-refractivity contribution in [2.45, 2.75) is 31.5 Å². The number of nitrogens with zero attached hydrogens (tertiary/aromatic N) is 4. The zero-order chi connectivity index (χ0) is 32.0. The molecule has 46 heavy (non-hydrogen) atoms. The summed E-state index contributed by atoms with van der Waals surface area (Å²) >= 11 is 0. The molecule has 0 unspecified atom stereocenters. The van der Waals surface area contributed by atoms with Crippen molar-refractivity contribution in [3.8, 4) is 0 Å². The van der Waals surface area contributed by atoms with Crippen molar-refractivity contribution < 1.29 is 38.1 Å². The molecular formula is C33H27N5O8. The number of hydrogen-bond donors (Lipinski definition) is 1. The van der Waals surface area contributed by atoms with Crippen molar-refractivity contribution in [1.82, 2.24) is 19.5 Å². The van der Waals surface area contributed by atoms with E-state index in [2.05, 4.69) is 20.3 Å². The predicted molar refractivity (Wildman–Crippen MR) is 162 cm³/mol. The Hall–Kier alpha value is -5.95. The van der Waals surface area contributed by atoms with Gasteiger partial charge in [0.2, 0.25) is 11.9 Å². The fourth-order valence-electron chi connectivity index (χ4n) is 4.91. The molecule has 1 N–H and O–H groups in total. The average Bonchev–Trinajstić information content (AvgIpc) is 3.64. The molecule has 0 aliphatic carbocycles. The van der Waals surface area contributed by atoms with Gasteiger partial charge < -0.3 is 18.9 Å². The lowest BCUT2D eigenvalue weighted by atomic mass is 10.1. The van der Waals surface area contributed by atoms with E-state index in [0.29, 0.717) is 11.1 Å². The highest BCUT2D eigenvalue weighted by Gasteiger charge is 2.51. The van der Waals surface area contributed by atoms with Crippen LogP contribution in [0.15, 0.2) is 104 Å². The summed E-state index contributed by atoms with van der Waals surface area (Å²) in [7, 11) is 0. The first-order valence-corrected chi connectivity index (χ1v) is 14.2. The highest BCUT2D eigenvalue weighted by Crippen LogP contribution is 2.37. The van der Waals surface area contributed by atoms with Crippen LogP contribution in [0, 0.1) is 0 Å². The van der Waals surface area contributed by atoms with Crippen LogP contribution in [-0.2, 0) is 23.7 Å². The molecule has 1 aliphatic rings. The SMILES string of the molecule is CC(=O)Nc1ncc2ncn([C@@H]3O[C@H](COC(=O)c4ccccc4)[C@@H](OC(=O)c4ccccc4)[C@H]3OC(=O)c3ccccc3)c2n1. The molecule has 0 bridgehead atoms. The summed E-state index contributed by atoms with van der Waals surface area (Å²) < 4.78 is 25.4. The first-order valence-electron chi connectivity index (χ1n) is 14.2. The molecule has 4 atom stereocenters. The summed E-state index contributed by atoms with van der Waals surface area (Å²) in [5.74, 6) is -2.41. The molecule has 6 rings (SSSR count). The molecule has 232 valence electrons. The Kier molecular flexibility index (Phi) is 8.74. The number of fused-ring (bicyclic) bond motifs is 1. The van der Waals surface area contributed by atoms with Gasteiger partial charge in [-0.2, -0.15) is 4.98 Å². The number of carbonyl (C=O) groups excluding carboxylic acids is 4. The molecule has 2 aromatic heterocycles. The zero-order valence-corrected chi connectivity index (χ0v) is 24.4. The number of carbonyl (C=O) groups is 4. The highest BCUT2D eigenvalue weighted by atomic mass is 16.7. The highest BCUT2D eigenvalue weighted by molar-refractivity contribution is 5.91. The van der Waals surface area contributed by atoms with Gasteiger partial charge >= 0.3 is 17.9 Å². The second-order valence-corrected chi connectivity index (χ2v) is 10.2. The van der Waals surface area contributed by atoms with Crippen molar-refractivity contribution in [2.24, 2.45) is 0 Å². The molecule has 5 aromatic rings. The van der Waals surface area contributed by atoms with E-state index in [1.54, 1.807) is 91.0 Å². The number of amides is 1. The second kappa shape index (κ2) is 13.4. The maximum atomic E-state index is 13.4. The Morgan fingerprint density at radius 3 is 1.87 bits per heavy atom. The van der Waals surface area contributed by atoms with Gasteiger partial charge in [-0.05, 0) is 36.4 Å². The van der Waals surface area contributed by atoms with Crippen LogP contribution in [0.3, 0.4) is 0 Å². The predicted octanol–water partition coefficient (Wildman–Crippen LogP) is 3.99. The lowest BCUT2D eigenvalue weighted by molar-refractivity contribution is -0.114. The number of anilines is 1. The molecule has 3 heterocycles. The number of benzene rings is 3. The van der Waals surface area contributed by atoms with Gasteiger partial charge in [-0.25, -0.2) is 24.4 Å². The van der Waals surface area contributed by atoms with Gasteiger partial charge in [0, 0.05) is 6.92 Å². The summed E-state index contributed by atoms with van der Waals surface area (Å²) in [6.45, 7) is 0.964. The van der Waals surface area contributed by atoms with Gasteiger partial charge in [0.1, 0.15) is 18.2 Å². The van der Waals surface area contributed by atoms with Gasteiger partial charge in [-0.15, -0.1) is 0 Å². The number of rotatable bonds is 9. The van der Waals surface area contributed by atoms with Crippen molar-refractivity contribution in [1.29, 1.82) is 0 Å². The fourth-order valence-corrected chi connectivity index (χ4v) is 4.91. The lowest BCUT2D eigenvalue weighted by Gasteiger charge is -2.25. The van der Waals surface area contributed by atoms with Gasteiger partial charge in [0.05, 0.1) is 29.2 Å². The maximum absolute atomic E-state index is 13.4. The van der Waals surface area contributed by atoms with Crippen LogP contribution in [0.4, 0.5) is 5.95 Å². The smallest absolute Gasteiger partial charge is 0.338 e. The quantitative estimate of drug-likeness (QED) is 0.187. The largest absolute Gasteiger partial charge is 0.459 e. The molecule has 1 saturated heterocycles. The standard InChI is InChI=1S/C33H27N5O8/c1-20(39)36-33-34-17-24-28(37-33)38(19-35-24)29-27(46-32(42)23-15-9-4-10-16-23)26(45-31(41)22-13-7-3-8-14-22)25(44-29)18-43-30(40)21-11-5-2-6-12-21/h2-17,19,25-27,29H,18H2,1H3,(H,34,36,37,39)/t25-,26-,27-,29-/m1/s1. The molecule has 1 fully saturated rings. The minimum Gasteiger partial charge on any atom is -0.459 e. The Morgan fingerprint density at radius 1 is 0.761 bits per heavy atom. The molecule has 13 heteroatoms. The molecular weight excluding hydrogens is 594 g/mol. The summed E-state index contributed by atoms with van der Waals surface area (Å²) in [6, 6.07) is 24.9. The van der Waals surface area contributed by atoms with E-state index in [1.807, 2.05) is 0 Å². The van der Waals surface area contributed by atoms with Gasteiger partial charge in [-0.1, -0.05) is 54.6 Å². The van der Waals surface area contributed by atoms with Crippen LogP contribution < -0.4 is 5.32 Å². The van der Waals surface area contributed by atoms with E-state index in [-0.39, 0.29) is 35.2 Å². The molecule has 13 nitrogen and oxygen atoms in total. The van der Waals surface area contributed by atoms with Gasteiger partial charge in [-0.3, -0.25) is 14.7 Å². The Balaban J connectivity index is 1.38. The van der Waals surface area contributed by atoms with Gasteiger partial charge in [0.15, 0.2) is 24.1 Å². The number of nitrogens with one attached hydrogen (secondary N) is 1. The van der Waals surface area contributed by atoms with Crippen LogP contribution in [0.5, 0.6) is 0 Å². The molecule has 0 radical (unpaired) electrons. The summed E-state index contributed by atoms with van der Waals surface area (Å²) in [5, 5.41) is 2.52. The average molecular weight is 622 g/mol. The number of esters is 3. The number of imidazole rings is 1. The van der Waals surface area contributed by atoms with Crippen molar-refractivity contribution in [3.05, 3.63) is 120 Å². The van der Waals surface area contributed by atoms with E-state index < -0.39 is 42.4 Å². The number of aromatic nitrogens is 4. The van der Waals surface area contributed by atoms with Crippen LogP contribution in [0.25, 0.3) is 11.2 Å². The minimum absolute atomic E-state index is 0.0120. The third-order valence-electron chi connectivity index (χ3n) is 7.06. The third kappa shape index (κ3) is 6.59. The monoisotopic (exact) mass is 621 g/mol. The Bertz CT molecular complexity index is 1870. The Labute approximate surface area is 262 Å². The molecule has 0 spiro atoms. The lowest BCUT2D eigenvalue weighted by Crippen LogP contribution is -2.41. The van der Waals surface area contributed by atoms with Crippen LogP contribution >= 0.6 is 0 Å². The first kappa shape index (κ1) is 30.1. The Morgan fingerprint density at radius 2 is 1.30 bits per heavy atom. The first-order chi connectivity index (χ1) is 22.4. The summed E-state index contributed by atoms with van der Waals surface area (Å²) in [4.78, 5) is 64.2. The third-order valence-corrected chi connectivity index (χ3v) is 7.06. The fraction of sp³-hybridized carbons (Fsp3) is 0.182. The van der Waals surface area contributed by atoms with Crippen LogP contribution in [0.1, 0.15) is 44.2 Å². The summed E-state index contributed by atoms with van der Waals surface area (Å²) in [6.07, 6.45) is -1.95. The van der Waals surface area contributed by atoms with Crippen LogP contribution in [0.2, 0.25) is 0 Å². The minimum atomic E-state index is -1.27. The molecule has 0 saturated carbocycles. The normalized spacial score (nSPS) is 18.9. The van der Waals surface area contributed by atoms with Crippen molar-refractivity contribution in [3.63, 3.8) is 0 Å². The summed E-state index contributed by atoms with van der Waals surface area (Å²) in [5.41, 5.74) is 1.39. The number of ether oxygens (including phenoxy) is 4. The van der Waals surface area contributed by atoms with Crippen molar-refractivity contribution in [2.75, 3.05) is 11.9 Å². The van der Waals surface area contributed by atoms with Crippen LogP contribution in [-0.4, -0.2) is 68.3 Å². The van der Waals surface area contributed by atoms with E-state index in [1.165, 1.54) is 24.0 Å². The zero-order valence-electron chi connectivity index (χ0n) is 24.4. The number of hydrogen-bond acceptors (Lipinski definition) is 11. The molecule has 1 amide bonds. The maximum Gasteiger partial charge on any atom is 0.338 e. The molecule has 3 aromatic carbocycles. The second-order valence-electron chi connectivity index (χ2n) is 10.2. The van der Waals surface area contributed by atoms with E-state index in [0.717, 1.165) is 0 Å². The van der Waals surface area contributed by atoms with E-state index in [9.17, 15) is 19.2 Å².